The van der Waals surface area contributed by atoms with Crippen molar-refractivity contribution in [2.45, 2.75) is 13.1 Å². The molecule has 2 aromatic rings. The Bertz CT molecular complexity index is 723. The van der Waals surface area contributed by atoms with E-state index >= 15 is 0 Å². The van der Waals surface area contributed by atoms with Crippen molar-refractivity contribution in [2.24, 2.45) is 4.99 Å². The number of aliphatic imine (C=N–C) groups is 1. The summed E-state index contributed by atoms with van der Waals surface area (Å²) in [5, 5.41) is 6.57. The van der Waals surface area contributed by atoms with Crippen molar-refractivity contribution in [3.63, 3.8) is 0 Å². The Morgan fingerprint density at radius 3 is 2.04 bits per heavy atom. The number of nitrogens with zero attached hydrogens (tertiary/aromatic N) is 1. The van der Waals surface area contributed by atoms with Crippen LogP contribution in [0.3, 0.4) is 0 Å². The summed E-state index contributed by atoms with van der Waals surface area (Å²) in [5.41, 5.74) is 2.08. The van der Waals surface area contributed by atoms with Crippen LogP contribution >= 0.6 is 24.0 Å². The van der Waals surface area contributed by atoms with Crippen molar-refractivity contribution >= 4 is 29.9 Å². The quantitative estimate of drug-likeness (QED) is 0.369. The molecular weight excluding hydrogens is 445 g/mol. The van der Waals surface area contributed by atoms with Gasteiger partial charge in [-0.15, -0.1) is 24.0 Å². The maximum atomic E-state index is 5.42. The summed E-state index contributed by atoms with van der Waals surface area (Å²) in [6.45, 7) is 1.20. The first-order valence-corrected chi connectivity index (χ1v) is 7.99. The van der Waals surface area contributed by atoms with Gasteiger partial charge in [-0.3, -0.25) is 4.99 Å². The first kappa shape index (κ1) is 21.9. The van der Waals surface area contributed by atoms with E-state index in [-0.39, 0.29) is 24.0 Å². The summed E-state index contributed by atoms with van der Waals surface area (Å²) in [7, 11) is 6.69. The predicted octanol–water partition coefficient (Wildman–Crippen LogP) is 3.20. The third kappa shape index (κ3) is 5.98. The highest BCUT2D eigenvalue weighted by molar-refractivity contribution is 14.0. The van der Waals surface area contributed by atoms with Crippen LogP contribution in [0, 0.1) is 0 Å². The summed E-state index contributed by atoms with van der Waals surface area (Å²) in [6, 6.07) is 13.6. The minimum Gasteiger partial charge on any atom is -0.497 e. The van der Waals surface area contributed by atoms with E-state index in [0.29, 0.717) is 19.0 Å². The molecule has 2 aromatic carbocycles. The lowest BCUT2D eigenvalue weighted by molar-refractivity contribution is 0.390. The van der Waals surface area contributed by atoms with Crippen LogP contribution in [-0.2, 0) is 13.1 Å². The molecule has 0 spiro atoms. The van der Waals surface area contributed by atoms with E-state index in [0.717, 1.165) is 28.4 Å². The first-order valence-electron chi connectivity index (χ1n) is 7.99. The molecule has 0 aliphatic rings. The van der Waals surface area contributed by atoms with E-state index in [1.807, 2.05) is 42.5 Å². The lowest BCUT2D eigenvalue weighted by atomic mass is 10.2. The number of nitrogens with one attached hydrogen (secondary N) is 2. The van der Waals surface area contributed by atoms with Crippen molar-refractivity contribution in [2.75, 3.05) is 28.4 Å². The van der Waals surface area contributed by atoms with Crippen molar-refractivity contribution in [3.05, 3.63) is 53.6 Å². The summed E-state index contributed by atoms with van der Waals surface area (Å²) in [6.07, 6.45) is 0. The van der Waals surface area contributed by atoms with Crippen LogP contribution in [0.2, 0.25) is 0 Å². The average molecular weight is 471 g/mol. The zero-order valence-electron chi connectivity index (χ0n) is 15.5. The summed E-state index contributed by atoms with van der Waals surface area (Å²) < 4.78 is 16.0. The predicted molar refractivity (Wildman–Crippen MR) is 115 cm³/mol. The van der Waals surface area contributed by atoms with Gasteiger partial charge in [0.25, 0.3) is 0 Å². The Kier molecular flexibility index (Phi) is 9.64. The fourth-order valence-corrected chi connectivity index (χ4v) is 2.43. The minimum absolute atomic E-state index is 0. The molecule has 0 saturated heterocycles. The van der Waals surface area contributed by atoms with Crippen molar-refractivity contribution in [1.82, 2.24) is 10.6 Å². The van der Waals surface area contributed by atoms with Crippen molar-refractivity contribution < 1.29 is 14.2 Å². The largest absolute Gasteiger partial charge is 0.497 e. The molecule has 0 fully saturated rings. The fraction of sp³-hybridized carbons (Fsp3) is 0.316. The van der Waals surface area contributed by atoms with Gasteiger partial charge < -0.3 is 24.8 Å². The molecule has 2 N–H and O–H groups in total. The topological polar surface area (TPSA) is 64.1 Å². The summed E-state index contributed by atoms with van der Waals surface area (Å²) in [4.78, 5) is 4.25. The first-order chi connectivity index (χ1) is 12.2. The molecule has 7 heteroatoms. The number of para-hydroxylation sites is 1. The third-order valence-electron chi connectivity index (χ3n) is 3.80. The van der Waals surface area contributed by atoms with E-state index in [1.165, 1.54) is 0 Å². The maximum Gasteiger partial charge on any atom is 0.191 e. The van der Waals surface area contributed by atoms with E-state index in [9.17, 15) is 0 Å². The van der Waals surface area contributed by atoms with E-state index in [4.69, 9.17) is 14.2 Å². The van der Waals surface area contributed by atoms with Gasteiger partial charge in [0.15, 0.2) is 5.96 Å². The lowest BCUT2D eigenvalue weighted by Crippen LogP contribution is -2.36. The van der Waals surface area contributed by atoms with Crippen LogP contribution < -0.4 is 24.8 Å². The molecule has 2 rings (SSSR count). The smallest absolute Gasteiger partial charge is 0.191 e. The van der Waals surface area contributed by atoms with Gasteiger partial charge >= 0.3 is 0 Å². The number of hydrogen-bond acceptors (Lipinski definition) is 4. The van der Waals surface area contributed by atoms with Crippen LogP contribution in [0.25, 0.3) is 0 Å². The summed E-state index contributed by atoms with van der Waals surface area (Å²) >= 11 is 0. The summed E-state index contributed by atoms with van der Waals surface area (Å²) in [5.74, 6) is 3.08. The SMILES string of the molecule is CN=C(NCc1ccccc1OC)NCc1ccc(OC)cc1OC.I. The standard InChI is InChI=1S/C19H25N3O3.HI/c1-20-19(21-12-14-7-5-6-8-17(14)24-3)22-13-15-9-10-16(23-2)11-18(15)25-4;/h5-11H,12-13H2,1-4H3,(H2,20,21,22);1H. The molecule has 0 aliphatic carbocycles. The number of methoxy groups -OCH3 is 3. The van der Waals surface area contributed by atoms with Crippen LogP contribution in [0.15, 0.2) is 47.5 Å². The second kappa shape index (κ2) is 11.5. The van der Waals surface area contributed by atoms with Gasteiger partial charge in [0.05, 0.1) is 21.3 Å². The van der Waals surface area contributed by atoms with Gasteiger partial charge in [0.1, 0.15) is 17.2 Å². The molecule has 26 heavy (non-hydrogen) atoms. The lowest BCUT2D eigenvalue weighted by Gasteiger charge is -2.15. The Morgan fingerprint density at radius 1 is 0.846 bits per heavy atom. The highest BCUT2D eigenvalue weighted by Gasteiger charge is 2.07. The number of halogens is 1. The second-order valence-corrected chi connectivity index (χ2v) is 5.27. The number of ether oxygens (including phenoxy) is 3. The van der Waals surface area contributed by atoms with Gasteiger partial charge in [-0.1, -0.05) is 18.2 Å². The molecule has 0 unspecified atom stereocenters. The molecule has 0 amide bonds. The number of rotatable bonds is 7. The molecule has 0 atom stereocenters. The van der Waals surface area contributed by atoms with Crippen LogP contribution in [0.5, 0.6) is 17.2 Å². The van der Waals surface area contributed by atoms with Crippen molar-refractivity contribution in [3.8, 4) is 17.2 Å². The molecule has 0 radical (unpaired) electrons. The monoisotopic (exact) mass is 471 g/mol. The third-order valence-corrected chi connectivity index (χ3v) is 3.80. The number of hydrogen-bond donors (Lipinski definition) is 2. The molecule has 142 valence electrons. The molecular formula is C19H26IN3O3. The minimum atomic E-state index is 0. The highest BCUT2D eigenvalue weighted by atomic mass is 127. The fourth-order valence-electron chi connectivity index (χ4n) is 2.43. The zero-order valence-corrected chi connectivity index (χ0v) is 17.9. The van der Waals surface area contributed by atoms with E-state index in [2.05, 4.69) is 15.6 Å². The number of guanidine groups is 1. The molecule has 0 aliphatic heterocycles. The Balaban J connectivity index is 0.00000338. The normalized spacial score (nSPS) is 10.5. The highest BCUT2D eigenvalue weighted by Crippen LogP contribution is 2.24. The van der Waals surface area contributed by atoms with Gasteiger partial charge in [-0.25, -0.2) is 0 Å². The van der Waals surface area contributed by atoms with Crippen LogP contribution in [0.1, 0.15) is 11.1 Å². The Labute approximate surface area is 172 Å². The second-order valence-electron chi connectivity index (χ2n) is 5.27. The van der Waals surface area contributed by atoms with E-state index < -0.39 is 0 Å². The van der Waals surface area contributed by atoms with Crippen molar-refractivity contribution in [1.29, 1.82) is 0 Å². The average Bonchev–Trinajstić information content (AvgIpc) is 2.68. The van der Waals surface area contributed by atoms with E-state index in [1.54, 1.807) is 28.4 Å². The maximum absolute atomic E-state index is 5.42. The Morgan fingerprint density at radius 2 is 1.46 bits per heavy atom. The van der Waals surface area contributed by atoms with Gasteiger partial charge in [0, 0.05) is 37.3 Å². The van der Waals surface area contributed by atoms with Crippen LogP contribution in [0.4, 0.5) is 0 Å². The molecule has 0 saturated carbocycles. The van der Waals surface area contributed by atoms with Gasteiger partial charge in [-0.2, -0.15) is 0 Å². The Hall–Kier alpha value is -2.16. The molecule has 0 heterocycles. The van der Waals surface area contributed by atoms with Gasteiger partial charge in [0.2, 0.25) is 0 Å². The molecule has 0 bridgehead atoms. The molecule has 0 aromatic heterocycles. The number of benzene rings is 2. The zero-order chi connectivity index (χ0) is 18.1. The van der Waals surface area contributed by atoms with Crippen LogP contribution in [-0.4, -0.2) is 34.3 Å². The van der Waals surface area contributed by atoms with Gasteiger partial charge in [-0.05, 0) is 18.2 Å². The molecule has 6 nitrogen and oxygen atoms in total.